The number of ether oxygens (including phenoxy) is 1. The standard InChI is InChI=1S/C19H17FN2O3S/c1-12-3-5-13(6-4-12)9-17(23)21-19-22(11-18(24)25-2)15-8-7-14(20)10-16(15)26-19/h3-8,10H,9,11H2,1-2H3. The largest absolute Gasteiger partial charge is 0.468 e. The highest BCUT2D eigenvalue weighted by atomic mass is 32.1. The number of aromatic nitrogens is 1. The van der Waals surface area contributed by atoms with Crippen LogP contribution in [-0.2, 0) is 27.3 Å². The number of aryl methyl sites for hydroxylation is 1. The molecule has 1 amide bonds. The molecule has 0 saturated heterocycles. The number of thiazole rings is 1. The van der Waals surface area contributed by atoms with E-state index in [0.29, 0.717) is 15.0 Å². The minimum Gasteiger partial charge on any atom is -0.468 e. The van der Waals surface area contributed by atoms with Gasteiger partial charge in [0, 0.05) is 0 Å². The van der Waals surface area contributed by atoms with Crippen LogP contribution in [0.1, 0.15) is 11.1 Å². The fourth-order valence-electron chi connectivity index (χ4n) is 2.51. The number of rotatable bonds is 4. The predicted octanol–water partition coefficient (Wildman–Crippen LogP) is 2.99. The number of nitrogens with zero attached hydrogens (tertiary/aromatic N) is 2. The monoisotopic (exact) mass is 372 g/mol. The second-order valence-electron chi connectivity index (χ2n) is 5.83. The second kappa shape index (κ2) is 7.61. The number of carbonyl (C=O) groups excluding carboxylic acids is 2. The van der Waals surface area contributed by atoms with Crippen LogP contribution in [0.4, 0.5) is 4.39 Å². The fourth-order valence-corrected chi connectivity index (χ4v) is 3.58. The Labute approximate surface area is 153 Å². The molecule has 0 aliphatic rings. The lowest BCUT2D eigenvalue weighted by molar-refractivity contribution is -0.141. The number of esters is 1. The van der Waals surface area contributed by atoms with Gasteiger partial charge in [0.05, 0.1) is 23.7 Å². The van der Waals surface area contributed by atoms with E-state index in [-0.39, 0.29) is 24.7 Å². The number of hydrogen-bond donors (Lipinski definition) is 0. The number of amides is 1. The van der Waals surface area contributed by atoms with Crippen LogP contribution in [0.5, 0.6) is 0 Å². The maximum absolute atomic E-state index is 13.5. The molecule has 0 fully saturated rings. The van der Waals surface area contributed by atoms with Gasteiger partial charge in [-0.2, -0.15) is 4.99 Å². The molecule has 3 rings (SSSR count). The first-order valence-corrected chi connectivity index (χ1v) is 8.77. The summed E-state index contributed by atoms with van der Waals surface area (Å²) in [5, 5.41) is 0. The van der Waals surface area contributed by atoms with Gasteiger partial charge in [0.15, 0.2) is 4.80 Å². The average Bonchev–Trinajstić information content (AvgIpc) is 2.93. The molecule has 0 spiro atoms. The van der Waals surface area contributed by atoms with Crippen LogP contribution in [-0.4, -0.2) is 23.6 Å². The summed E-state index contributed by atoms with van der Waals surface area (Å²) in [7, 11) is 1.29. The van der Waals surface area contributed by atoms with E-state index in [1.807, 2.05) is 31.2 Å². The van der Waals surface area contributed by atoms with Gasteiger partial charge in [-0.15, -0.1) is 0 Å². The predicted molar refractivity (Wildman–Crippen MR) is 97.2 cm³/mol. The number of carbonyl (C=O) groups is 2. The van der Waals surface area contributed by atoms with Crippen molar-refractivity contribution in [3.8, 4) is 0 Å². The molecule has 1 aromatic heterocycles. The highest BCUT2D eigenvalue weighted by molar-refractivity contribution is 7.16. The maximum atomic E-state index is 13.5. The van der Waals surface area contributed by atoms with E-state index in [0.717, 1.165) is 22.5 Å². The zero-order valence-electron chi connectivity index (χ0n) is 14.4. The molecular weight excluding hydrogens is 355 g/mol. The smallest absolute Gasteiger partial charge is 0.325 e. The van der Waals surface area contributed by atoms with Crippen LogP contribution in [0, 0.1) is 12.7 Å². The van der Waals surface area contributed by atoms with Crippen LogP contribution in [0.2, 0.25) is 0 Å². The van der Waals surface area contributed by atoms with Gasteiger partial charge in [-0.1, -0.05) is 41.2 Å². The van der Waals surface area contributed by atoms with E-state index in [1.165, 1.54) is 19.2 Å². The van der Waals surface area contributed by atoms with Crippen molar-refractivity contribution in [3.05, 3.63) is 64.2 Å². The second-order valence-corrected chi connectivity index (χ2v) is 6.84. The first-order chi connectivity index (χ1) is 12.5. The molecule has 0 bridgehead atoms. The zero-order chi connectivity index (χ0) is 18.7. The molecule has 0 atom stereocenters. The van der Waals surface area contributed by atoms with E-state index in [1.54, 1.807) is 10.6 Å². The lowest BCUT2D eigenvalue weighted by Gasteiger charge is -2.03. The van der Waals surface area contributed by atoms with Crippen molar-refractivity contribution >= 4 is 33.4 Å². The Balaban J connectivity index is 2.00. The van der Waals surface area contributed by atoms with Crippen molar-refractivity contribution in [2.24, 2.45) is 4.99 Å². The third-order valence-electron chi connectivity index (χ3n) is 3.86. The quantitative estimate of drug-likeness (QED) is 0.662. The van der Waals surface area contributed by atoms with Crippen LogP contribution in [0.3, 0.4) is 0 Å². The van der Waals surface area contributed by atoms with Gasteiger partial charge in [0.25, 0.3) is 5.91 Å². The third-order valence-corrected chi connectivity index (χ3v) is 4.90. The molecule has 0 radical (unpaired) electrons. The Hall–Kier alpha value is -2.80. The molecule has 26 heavy (non-hydrogen) atoms. The van der Waals surface area contributed by atoms with Gasteiger partial charge in [-0.05, 0) is 30.7 Å². The summed E-state index contributed by atoms with van der Waals surface area (Å²) >= 11 is 1.16. The molecule has 0 unspecified atom stereocenters. The van der Waals surface area contributed by atoms with Gasteiger partial charge >= 0.3 is 5.97 Å². The Bertz CT molecular complexity index is 1040. The minimum absolute atomic E-state index is 0.0984. The number of benzene rings is 2. The third kappa shape index (κ3) is 4.05. The summed E-state index contributed by atoms with van der Waals surface area (Å²) in [6.45, 7) is 1.88. The molecule has 2 aromatic carbocycles. The van der Waals surface area contributed by atoms with Crippen molar-refractivity contribution in [2.75, 3.05) is 7.11 Å². The van der Waals surface area contributed by atoms with E-state index in [2.05, 4.69) is 4.99 Å². The minimum atomic E-state index is -0.471. The highest BCUT2D eigenvalue weighted by Gasteiger charge is 2.12. The number of methoxy groups -OCH3 is 1. The lowest BCUT2D eigenvalue weighted by Crippen LogP contribution is -2.22. The lowest BCUT2D eigenvalue weighted by atomic mass is 10.1. The van der Waals surface area contributed by atoms with Crippen molar-refractivity contribution in [2.45, 2.75) is 19.9 Å². The van der Waals surface area contributed by atoms with Gasteiger partial charge in [0.1, 0.15) is 12.4 Å². The molecule has 7 heteroatoms. The Morgan fingerprint density at radius 1 is 1.19 bits per heavy atom. The normalized spacial score (nSPS) is 11.7. The van der Waals surface area contributed by atoms with Crippen LogP contribution in [0.25, 0.3) is 10.2 Å². The molecule has 0 aliphatic carbocycles. The summed E-state index contributed by atoms with van der Waals surface area (Å²) in [4.78, 5) is 28.6. The molecular formula is C19H17FN2O3S. The molecule has 3 aromatic rings. The average molecular weight is 372 g/mol. The van der Waals surface area contributed by atoms with Gasteiger partial charge in [-0.3, -0.25) is 9.59 Å². The molecule has 0 aliphatic heterocycles. The van der Waals surface area contributed by atoms with Crippen LogP contribution < -0.4 is 4.80 Å². The summed E-state index contributed by atoms with van der Waals surface area (Å²) in [5.41, 5.74) is 2.60. The summed E-state index contributed by atoms with van der Waals surface area (Å²) in [6.07, 6.45) is 0.154. The number of halogens is 1. The summed E-state index contributed by atoms with van der Waals surface area (Å²) in [5.74, 6) is -1.19. The Kier molecular flexibility index (Phi) is 5.27. The van der Waals surface area contributed by atoms with Crippen molar-refractivity contribution in [1.29, 1.82) is 0 Å². The van der Waals surface area contributed by atoms with E-state index in [4.69, 9.17) is 4.74 Å². The summed E-state index contributed by atoms with van der Waals surface area (Å²) in [6, 6.07) is 11.9. The molecule has 0 N–H and O–H groups in total. The van der Waals surface area contributed by atoms with Crippen molar-refractivity contribution in [1.82, 2.24) is 4.57 Å². The molecule has 5 nitrogen and oxygen atoms in total. The number of fused-ring (bicyclic) bond motifs is 1. The van der Waals surface area contributed by atoms with Crippen molar-refractivity contribution in [3.63, 3.8) is 0 Å². The summed E-state index contributed by atoms with van der Waals surface area (Å²) < 4.78 is 20.4. The molecule has 134 valence electrons. The zero-order valence-corrected chi connectivity index (χ0v) is 15.2. The fraction of sp³-hybridized carbons (Fsp3) is 0.211. The van der Waals surface area contributed by atoms with Crippen LogP contribution in [0.15, 0.2) is 47.5 Å². The van der Waals surface area contributed by atoms with Gasteiger partial charge < -0.3 is 9.30 Å². The Morgan fingerprint density at radius 2 is 1.92 bits per heavy atom. The van der Waals surface area contributed by atoms with Gasteiger partial charge in [0.2, 0.25) is 0 Å². The molecule has 0 saturated carbocycles. The van der Waals surface area contributed by atoms with E-state index >= 15 is 0 Å². The SMILES string of the molecule is COC(=O)Cn1c(=NC(=O)Cc2ccc(C)cc2)sc2cc(F)ccc21. The van der Waals surface area contributed by atoms with Gasteiger partial charge in [-0.25, -0.2) is 4.39 Å². The van der Waals surface area contributed by atoms with Crippen molar-refractivity contribution < 1.29 is 18.7 Å². The Morgan fingerprint density at radius 3 is 2.62 bits per heavy atom. The first-order valence-electron chi connectivity index (χ1n) is 7.95. The molecule has 1 heterocycles. The van der Waals surface area contributed by atoms with E-state index in [9.17, 15) is 14.0 Å². The highest BCUT2D eigenvalue weighted by Crippen LogP contribution is 2.19. The van der Waals surface area contributed by atoms with Crippen LogP contribution >= 0.6 is 11.3 Å². The first kappa shape index (κ1) is 18.0. The van der Waals surface area contributed by atoms with E-state index < -0.39 is 5.97 Å². The maximum Gasteiger partial charge on any atom is 0.325 e. The number of hydrogen-bond acceptors (Lipinski definition) is 4. The topological polar surface area (TPSA) is 60.7 Å².